The van der Waals surface area contributed by atoms with Crippen LogP contribution in [0.15, 0.2) is 40.9 Å². The predicted octanol–water partition coefficient (Wildman–Crippen LogP) is 4.22. The van der Waals surface area contributed by atoms with Crippen molar-refractivity contribution in [2.24, 2.45) is 0 Å². The number of benzene rings is 1. The summed E-state index contributed by atoms with van der Waals surface area (Å²) in [5, 5.41) is 0.616. The molecule has 1 aliphatic heterocycles. The highest BCUT2D eigenvalue weighted by Gasteiger charge is 2.31. The lowest BCUT2D eigenvalue weighted by atomic mass is 10.2. The van der Waals surface area contributed by atoms with Crippen LogP contribution in [0.1, 0.15) is 11.5 Å². The topological polar surface area (TPSA) is 45.4 Å². The molecule has 1 aliphatic rings. The van der Waals surface area contributed by atoms with Crippen molar-refractivity contribution < 1.29 is 17.6 Å². The number of pyridine rings is 1. The number of halogens is 4. The summed E-state index contributed by atoms with van der Waals surface area (Å²) in [5.41, 5.74) is -0.147. The number of nitrogens with zero attached hydrogens (tertiary/aromatic N) is 4. The van der Waals surface area contributed by atoms with Gasteiger partial charge in [-0.25, -0.2) is 9.97 Å². The highest BCUT2D eigenvalue weighted by atomic mass is 35.5. The van der Waals surface area contributed by atoms with Crippen LogP contribution in [0.5, 0.6) is 0 Å². The second-order valence-electron chi connectivity index (χ2n) is 6.36. The normalized spacial score (nSPS) is 16.2. The van der Waals surface area contributed by atoms with E-state index in [0.29, 0.717) is 23.0 Å². The number of fused-ring (bicyclic) bond motifs is 1. The van der Waals surface area contributed by atoms with Gasteiger partial charge in [0.1, 0.15) is 11.3 Å². The van der Waals surface area contributed by atoms with Crippen molar-refractivity contribution in [2.75, 3.05) is 31.1 Å². The van der Waals surface area contributed by atoms with Crippen LogP contribution in [-0.2, 0) is 12.7 Å². The summed E-state index contributed by atoms with van der Waals surface area (Å²) < 4.78 is 44.0. The summed E-state index contributed by atoms with van der Waals surface area (Å²) >= 11 is 6.19. The Bertz CT molecular complexity index is 951. The molecule has 0 amide bonds. The Hall–Kier alpha value is -2.32. The number of anilines is 1. The van der Waals surface area contributed by atoms with Crippen LogP contribution < -0.4 is 4.90 Å². The zero-order valence-electron chi connectivity index (χ0n) is 14.2. The number of hydrogen-bond donors (Lipinski definition) is 0. The van der Waals surface area contributed by atoms with Crippen LogP contribution in [0.3, 0.4) is 0 Å². The van der Waals surface area contributed by atoms with E-state index >= 15 is 0 Å². The Labute approximate surface area is 158 Å². The highest BCUT2D eigenvalue weighted by Crippen LogP contribution is 2.31. The lowest BCUT2D eigenvalue weighted by Gasteiger charge is -2.35. The third kappa shape index (κ3) is 3.86. The van der Waals surface area contributed by atoms with E-state index in [1.54, 1.807) is 12.3 Å². The van der Waals surface area contributed by atoms with Gasteiger partial charge in [-0.2, -0.15) is 13.2 Å². The van der Waals surface area contributed by atoms with E-state index in [0.717, 1.165) is 44.1 Å². The second-order valence-corrected chi connectivity index (χ2v) is 6.77. The summed E-state index contributed by atoms with van der Waals surface area (Å²) in [5.74, 6) is 1.18. The third-order valence-electron chi connectivity index (χ3n) is 4.53. The average Bonchev–Trinajstić information content (AvgIpc) is 3.03. The molecule has 4 rings (SSSR count). The maximum absolute atomic E-state index is 12.8. The molecule has 3 aromatic rings. The van der Waals surface area contributed by atoms with Crippen molar-refractivity contribution in [3.05, 3.63) is 53.0 Å². The molecular weight excluding hydrogens is 381 g/mol. The van der Waals surface area contributed by atoms with Gasteiger partial charge in [0.15, 0.2) is 5.58 Å². The fourth-order valence-electron chi connectivity index (χ4n) is 3.14. The van der Waals surface area contributed by atoms with E-state index in [4.69, 9.17) is 16.0 Å². The molecule has 0 atom stereocenters. The standard InChI is InChI=1S/C18H16ClF3N4O/c19-13-2-1-5-23-17(13)26-8-6-25(7-9-26)11-16-24-14-10-12(18(20,21)22)3-4-15(14)27-16/h1-5,10H,6-9,11H2. The van der Waals surface area contributed by atoms with Crippen molar-refractivity contribution in [1.82, 2.24) is 14.9 Å². The third-order valence-corrected chi connectivity index (χ3v) is 4.82. The van der Waals surface area contributed by atoms with E-state index in [9.17, 15) is 13.2 Å². The fourth-order valence-corrected chi connectivity index (χ4v) is 3.38. The van der Waals surface area contributed by atoms with Crippen LogP contribution in [0.4, 0.5) is 19.0 Å². The van der Waals surface area contributed by atoms with Crippen LogP contribution in [0.25, 0.3) is 11.1 Å². The molecule has 0 radical (unpaired) electrons. The Morgan fingerprint density at radius 2 is 1.89 bits per heavy atom. The molecule has 0 aliphatic carbocycles. The molecule has 5 nitrogen and oxygen atoms in total. The van der Waals surface area contributed by atoms with Gasteiger partial charge in [0, 0.05) is 32.4 Å². The molecule has 1 saturated heterocycles. The van der Waals surface area contributed by atoms with Gasteiger partial charge in [-0.05, 0) is 30.3 Å². The molecule has 0 N–H and O–H groups in total. The monoisotopic (exact) mass is 396 g/mol. The van der Waals surface area contributed by atoms with E-state index < -0.39 is 11.7 Å². The van der Waals surface area contributed by atoms with Crippen LogP contribution in [-0.4, -0.2) is 41.0 Å². The maximum atomic E-state index is 12.8. The highest BCUT2D eigenvalue weighted by molar-refractivity contribution is 6.32. The minimum absolute atomic E-state index is 0.221. The number of aromatic nitrogens is 2. The number of piperazine rings is 1. The SMILES string of the molecule is FC(F)(F)c1ccc2oc(CN3CCN(c4ncccc4Cl)CC3)nc2c1. The maximum Gasteiger partial charge on any atom is 0.416 e. The Balaban J connectivity index is 1.42. The quantitative estimate of drug-likeness (QED) is 0.663. The average molecular weight is 397 g/mol. The lowest BCUT2D eigenvalue weighted by Crippen LogP contribution is -2.46. The van der Waals surface area contributed by atoms with Gasteiger partial charge < -0.3 is 9.32 Å². The molecule has 2 aromatic heterocycles. The van der Waals surface area contributed by atoms with Crippen molar-refractivity contribution in [3.63, 3.8) is 0 Å². The Kier molecular flexibility index (Phi) is 4.69. The molecular formula is C18H16ClF3N4O. The van der Waals surface area contributed by atoms with Crippen LogP contribution in [0.2, 0.25) is 5.02 Å². The predicted molar refractivity (Wildman–Crippen MR) is 95.7 cm³/mol. The molecule has 27 heavy (non-hydrogen) atoms. The van der Waals surface area contributed by atoms with E-state index in [2.05, 4.69) is 19.8 Å². The molecule has 0 spiro atoms. The largest absolute Gasteiger partial charge is 0.439 e. The lowest BCUT2D eigenvalue weighted by molar-refractivity contribution is -0.137. The number of alkyl halides is 3. The van der Waals surface area contributed by atoms with Gasteiger partial charge in [0.2, 0.25) is 5.89 Å². The van der Waals surface area contributed by atoms with Gasteiger partial charge in [-0.15, -0.1) is 0 Å². The van der Waals surface area contributed by atoms with Gasteiger partial charge in [-0.3, -0.25) is 4.90 Å². The first kappa shape index (κ1) is 18.1. The van der Waals surface area contributed by atoms with Crippen molar-refractivity contribution in [3.8, 4) is 0 Å². The molecule has 9 heteroatoms. The van der Waals surface area contributed by atoms with E-state index in [1.165, 1.54) is 6.07 Å². The Morgan fingerprint density at radius 1 is 1.11 bits per heavy atom. The second kappa shape index (κ2) is 7.01. The molecule has 0 unspecified atom stereocenters. The van der Waals surface area contributed by atoms with Crippen molar-refractivity contribution in [2.45, 2.75) is 12.7 Å². The van der Waals surface area contributed by atoms with Gasteiger partial charge >= 0.3 is 6.18 Å². The summed E-state index contributed by atoms with van der Waals surface area (Å²) in [6.07, 6.45) is -2.68. The minimum Gasteiger partial charge on any atom is -0.439 e. The number of oxazole rings is 1. The zero-order chi connectivity index (χ0) is 19.0. The first-order chi connectivity index (χ1) is 12.9. The molecule has 1 fully saturated rings. The molecule has 0 saturated carbocycles. The van der Waals surface area contributed by atoms with Crippen LogP contribution in [0, 0.1) is 0 Å². The first-order valence-electron chi connectivity index (χ1n) is 8.44. The molecule has 1 aromatic carbocycles. The molecule has 0 bridgehead atoms. The van der Waals surface area contributed by atoms with Crippen molar-refractivity contribution >= 4 is 28.5 Å². The molecule has 142 valence electrons. The zero-order valence-corrected chi connectivity index (χ0v) is 15.0. The van der Waals surface area contributed by atoms with E-state index in [1.807, 2.05) is 6.07 Å². The smallest absolute Gasteiger partial charge is 0.416 e. The fraction of sp³-hybridized carbons (Fsp3) is 0.333. The summed E-state index contributed by atoms with van der Waals surface area (Å²) in [4.78, 5) is 12.8. The van der Waals surface area contributed by atoms with Gasteiger partial charge in [0.25, 0.3) is 0 Å². The first-order valence-corrected chi connectivity index (χ1v) is 8.82. The van der Waals surface area contributed by atoms with Crippen LogP contribution >= 0.6 is 11.6 Å². The summed E-state index contributed by atoms with van der Waals surface area (Å²) in [6.45, 7) is 3.43. The minimum atomic E-state index is -4.39. The van der Waals surface area contributed by atoms with Gasteiger partial charge in [-0.1, -0.05) is 11.6 Å². The van der Waals surface area contributed by atoms with Gasteiger partial charge in [0.05, 0.1) is 17.1 Å². The molecule has 3 heterocycles. The van der Waals surface area contributed by atoms with Crippen molar-refractivity contribution in [1.29, 1.82) is 0 Å². The summed E-state index contributed by atoms with van der Waals surface area (Å²) in [7, 11) is 0. The number of hydrogen-bond acceptors (Lipinski definition) is 5. The summed E-state index contributed by atoms with van der Waals surface area (Å²) in [6, 6.07) is 6.94. The van der Waals surface area contributed by atoms with E-state index in [-0.39, 0.29) is 5.52 Å². The number of rotatable bonds is 3. The Morgan fingerprint density at radius 3 is 2.59 bits per heavy atom.